The first-order valence-electron chi connectivity index (χ1n) is 8.91. The van der Waals surface area contributed by atoms with Crippen LogP contribution >= 0.6 is 0 Å². The van der Waals surface area contributed by atoms with E-state index < -0.39 is 0 Å². The minimum Gasteiger partial charge on any atom is -0.0991 e. The molecule has 0 nitrogen and oxygen atoms in total. The monoisotopic (exact) mass is 336 g/mol. The van der Waals surface area contributed by atoms with E-state index in [-0.39, 0.29) is 0 Å². The van der Waals surface area contributed by atoms with Crippen LogP contribution in [0, 0.1) is 6.92 Å². The van der Waals surface area contributed by atoms with Crippen LogP contribution in [0.5, 0.6) is 0 Å². The maximum absolute atomic E-state index is 3.71. The molecule has 0 heteroatoms. The standard InChI is InChI=1S/C26H24/c1-4-5-6-11-21(3)22-12-8-14-24(18-22)26-16-9-15-25(19-26)23-13-7-10-20(2)17-23/h4-19H,1H2,2-3H3/b6-5-,21-11+. The van der Waals surface area contributed by atoms with Gasteiger partial charge in [-0.2, -0.15) is 0 Å². The van der Waals surface area contributed by atoms with E-state index >= 15 is 0 Å². The number of benzene rings is 3. The van der Waals surface area contributed by atoms with Crippen LogP contribution in [0.2, 0.25) is 0 Å². The van der Waals surface area contributed by atoms with Gasteiger partial charge in [-0.3, -0.25) is 0 Å². The number of rotatable bonds is 5. The lowest BCUT2D eigenvalue weighted by atomic mass is 9.96. The summed E-state index contributed by atoms with van der Waals surface area (Å²) in [5.74, 6) is 0. The topological polar surface area (TPSA) is 0 Å². The van der Waals surface area contributed by atoms with Crippen molar-refractivity contribution >= 4 is 5.57 Å². The molecule has 0 atom stereocenters. The Hall–Kier alpha value is -3.12. The summed E-state index contributed by atoms with van der Waals surface area (Å²) in [6.07, 6.45) is 7.87. The van der Waals surface area contributed by atoms with Gasteiger partial charge in [0.2, 0.25) is 0 Å². The van der Waals surface area contributed by atoms with Gasteiger partial charge in [0, 0.05) is 0 Å². The largest absolute Gasteiger partial charge is 0.0991 e. The normalized spacial score (nSPS) is 11.7. The molecular weight excluding hydrogens is 312 g/mol. The number of hydrogen-bond acceptors (Lipinski definition) is 0. The van der Waals surface area contributed by atoms with Crippen molar-refractivity contribution in [1.82, 2.24) is 0 Å². The molecular formula is C26H24. The summed E-state index contributed by atoms with van der Waals surface area (Å²) in [6, 6.07) is 26.1. The van der Waals surface area contributed by atoms with Gasteiger partial charge >= 0.3 is 0 Å². The van der Waals surface area contributed by atoms with Gasteiger partial charge in [0.1, 0.15) is 0 Å². The third-order valence-corrected chi connectivity index (χ3v) is 4.46. The fourth-order valence-electron chi connectivity index (χ4n) is 3.02. The zero-order valence-electron chi connectivity index (χ0n) is 15.4. The highest BCUT2D eigenvalue weighted by atomic mass is 14.1. The van der Waals surface area contributed by atoms with E-state index in [9.17, 15) is 0 Å². The number of hydrogen-bond donors (Lipinski definition) is 0. The molecule has 0 N–H and O–H groups in total. The van der Waals surface area contributed by atoms with E-state index in [0.717, 1.165) is 0 Å². The molecule has 0 saturated heterocycles. The van der Waals surface area contributed by atoms with Crippen molar-refractivity contribution in [1.29, 1.82) is 0 Å². The molecule has 26 heavy (non-hydrogen) atoms. The SMILES string of the molecule is C=C/C=C\C=C(/C)c1cccc(-c2cccc(-c3cccc(C)c3)c2)c1. The summed E-state index contributed by atoms with van der Waals surface area (Å²) in [5.41, 5.74) is 8.73. The lowest BCUT2D eigenvalue weighted by Crippen LogP contribution is -1.85. The van der Waals surface area contributed by atoms with Crippen LogP contribution in [0.4, 0.5) is 0 Å². The molecule has 0 aliphatic heterocycles. The molecule has 0 spiro atoms. The molecule has 0 heterocycles. The Morgan fingerprint density at radius 2 is 1.31 bits per heavy atom. The van der Waals surface area contributed by atoms with Gasteiger partial charge in [-0.25, -0.2) is 0 Å². The van der Waals surface area contributed by atoms with E-state index in [0.29, 0.717) is 0 Å². The Balaban J connectivity index is 1.96. The molecule has 0 aliphatic carbocycles. The lowest BCUT2D eigenvalue weighted by Gasteiger charge is -2.09. The highest BCUT2D eigenvalue weighted by Crippen LogP contribution is 2.28. The van der Waals surface area contributed by atoms with Gasteiger partial charge < -0.3 is 0 Å². The molecule has 128 valence electrons. The van der Waals surface area contributed by atoms with Gasteiger partial charge in [-0.15, -0.1) is 0 Å². The van der Waals surface area contributed by atoms with Gasteiger partial charge in [0.15, 0.2) is 0 Å². The first-order chi connectivity index (χ1) is 12.7. The van der Waals surface area contributed by atoms with Crippen molar-refractivity contribution in [3.8, 4) is 22.3 Å². The first kappa shape index (κ1) is 17.7. The summed E-state index contributed by atoms with van der Waals surface area (Å²) in [7, 11) is 0. The van der Waals surface area contributed by atoms with Crippen molar-refractivity contribution in [3.63, 3.8) is 0 Å². The van der Waals surface area contributed by atoms with E-state index in [2.05, 4.69) is 99.3 Å². The summed E-state index contributed by atoms with van der Waals surface area (Å²) >= 11 is 0. The van der Waals surface area contributed by atoms with Gasteiger partial charge in [-0.05, 0) is 59.4 Å². The molecule has 3 aromatic carbocycles. The van der Waals surface area contributed by atoms with Gasteiger partial charge in [0.25, 0.3) is 0 Å². The Labute approximate surface area is 156 Å². The van der Waals surface area contributed by atoms with E-state index in [1.54, 1.807) is 6.08 Å². The van der Waals surface area contributed by atoms with Crippen molar-refractivity contribution in [2.24, 2.45) is 0 Å². The average molecular weight is 336 g/mol. The van der Waals surface area contributed by atoms with E-state index in [1.165, 1.54) is 39.0 Å². The van der Waals surface area contributed by atoms with Crippen LogP contribution in [0.25, 0.3) is 27.8 Å². The number of allylic oxidation sites excluding steroid dienone is 5. The van der Waals surface area contributed by atoms with Crippen LogP contribution in [-0.4, -0.2) is 0 Å². The van der Waals surface area contributed by atoms with Crippen LogP contribution < -0.4 is 0 Å². The smallest absolute Gasteiger partial charge is 0.0178 e. The first-order valence-corrected chi connectivity index (χ1v) is 8.91. The predicted molar refractivity (Wildman–Crippen MR) is 115 cm³/mol. The van der Waals surface area contributed by atoms with E-state index in [1.807, 2.05) is 12.2 Å². The van der Waals surface area contributed by atoms with Crippen molar-refractivity contribution in [3.05, 3.63) is 115 Å². The van der Waals surface area contributed by atoms with Gasteiger partial charge in [0.05, 0.1) is 0 Å². The van der Waals surface area contributed by atoms with Gasteiger partial charge in [-0.1, -0.05) is 97.1 Å². The van der Waals surface area contributed by atoms with Crippen molar-refractivity contribution < 1.29 is 0 Å². The van der Waals surface area contributed by atoms with Crippen LogP contribution in [0.15, 0.2) is 104 Å². The Bertz CT molecular complexity index is 971. The molecule has 0 saturated carbocycles. The molecule has 0 amide bonds. The molecule has 0 aliphatic rings. The molecule has 0 aromatic heterocycles. The highest BCUT2D eigenvalue weighted by Gasteiger charge is 2.04. The Kier molecular flexibility index (Phi) is 5.66. The zero-order chi connectivity index (χ0) is 18.4. The second-order valence-electron chi connectivity index (χ2n) is 6.50. The Morgan fingerprint density at radius 1 is 0.731 bits per heavy atom. The number of aryl methyl sites for hydroxylation is 1. The van der Waals surface area contributed by atoms with Crippen LogP contribution in [0.3, 0.4) is 0 Å². The predicted octanol–water partition coefficient (Wildman–Crippen LogP) is 7.47. The molecule has 3 rings (SSSR count). The Morgan fingerprint density at radius 3 is 1.96 bits per heavy atom. The molecule has 0 bridgehead atoms. The third kappa shape index (κ3) is 4.29. The van der Waals surface area contributed by atoms with Crippen LogP contribution in [-0.2, 0) is 0 Å². The van der Waals surface area contributed by atoms with Crippen LogP contribution in [0.1, 0.15) is 18.1 Å². The summed E-state index contributed by atoms with van der Waals surface area (Å²) in [6.45, 7) is 7.97. The summed E-state index contributed by atoms with van der Waals surface area (Å²) in [4.78, 5) is 0. The average Bonchev–Trinajstić information content (AvgIpc) is 2.68. The fraction of sp³-hybridized carbons (Fsp3) is 0.0769. The summed E-state index contributed by atoms with van der Waals surface area (Å²) < 4.78 is 0. The highest BCUT2D eigenvalue weighted by molar-refractivity contribution is 5.76. The second-order valence-corrected chi connectivity index (χ2v) is 6.50. The lowest BCUT2D eigenvalue weighted by molar-refractivity contribution is 1.46. The third-order valence-electron chi connectivity index (χ3n) is 4.46. The molecule has 0 unspecified atom stereocenters. The van der Waals surface area contributed by atoms with Crippen molar-refractivity contribution in [2.75, 3.05) is 0 Å². The maximum atomic E-state index is 3.71. The zero-order valence-corrected chi connectivity index (χ0v) is 15.4. The fourth-order valence-corrected chi connectivity index (χ4v) is 3.02. The maximum Gasteiger partial charge on any atom is -0.0178 e. The molecule has 3 aromatic rings. The van der Waals surface area contributed by atoms with Crippen molar-refractivity contribution in [2.45, 2.75) is 13.8 Å². The molecule has 0 fully saturated rings. The second kappa shape index (κ2) is 8.31. The minimum absolute atomic E-state index is 1.23. The quantitative estimate of drug-likeness (QED) is 0.424. The minimum atomic E-state index is 1.23. The van der Waals surface area contributed by atoms with E-state index in [4.69, 9.17) is 0 Å². The molecule has 0 radical (unpaired) electrons. The summed E-state index contributed by atoms with van der Waals surface area (Å²) in [5, 5.41) is 0.